The molecule has 0 bridgehead atoms. The van der Waals surface area contributed by atoms with Gasteiger partial charge >= 0.3 is 0 Å². The number of ether oxygens (including phenoxy) is 2. The van der Waals surface area contributed by atoms with E-state index in [1.54, 1.807) is 42.3 Å². The van der Waals surface area contributed by atoms with Crippen molar-refractivity contribution in [3.8, 4) is 22.7 Å². The van der Waals surface area contributed by atoms with Crippen LogP contribution in [0.4, 0.5) is 11.4 Å². The van der Waals surface area contributed by atoms with Crippen LogP contribution in [0, 0.1) is 6.92 Å². The molecule has 1 aromatic heterocycles. The zero-order chi connectivity index (χ0) is 24.8. The molecule has 4 rings (SSSR count). The number of hydrogen-bond donors (Lipinski definition) is 2. The molecule has 1 heterocycles. The van der Waals surface area contributed by atoms with Crippen LogP contribution in [-0.4, -0.2) is 42.4 Å². The first-order chi connectivity index (χ1) is 17.0. The fourth-order valence-electron chi connectivity index (χ4n) is 3.52. The Kier molecular flexibility index (Phi) is 7.23. The maximum Gasteiger partial charge on any atom is 0.259 e. The zero-order valence-corrected chi connectivity index (χ0v) is 19.7. The molecule has 0 fully saturated rings. The Morgan fingerprint density at radius 3 is 2.26 bits per heavy atom. The Balaban J connectivity index is 1.63. The van der Waals surface area contributed by atoms with Crippen LogP contribution in [0.1, 0.15) is 15.9 Å². The van der Waals surface area contributed by atoms with Crippen molar-refractivity contribution in [1.29, 1.82) is 0 Å². The molecule has 2 N–H and O–H groups in total. The predicted molar refractivity (Wildman–Crippen MR) is 135 cm³/mol. The Morgan fingerprint density at radius 1 is 0.914 bits per heavy atom. The molecule has 0 radical (unpaired) electrons. The topological polar surface area (TPSA) is 94.5 Å². The maximum atomic E-state index is 13.3. The van der Waals surface area contributed by atoms with Crippen molar-refractivity contribution in [3.05, 3.63) is 90.1 Å². The molecule has 0 spiro atoms. The SMILES string of the molecule is COCC(=O)Nc1ccc(NC(=O)c2cn(-c3ccc(C)cc3)nc2-c2cccc(OC)c2)cc1. The molecule has 8 nitrogen and oxygen atoms in total. The summed E-state index contributed by atoms with van der Waals surface area (Å²) in [6, 6.07) is 22.2. The van der Waals surface area contributed by atoms with E-state index >= 15 is 0 Å². The van der Waals surface area contributed by atoms with Gasteiger partial charge in [-0.2, -0.15) is 5.10 Å². The molecule has 0 unspecified atom stereocenters. The zero-order valence-electron chi connectivity index (χ0n) is 19.7. The number of rotatable bonds is 8. The van der Waals surface area contributed by atoms with Crippen molar-refractivity contribution >= 4 is 23.2 Å². The number of methoxy groups -OCH3 is 2. The summed E-state index contributed by atoms with van der Waals surface area (Å²) in [7, 11) is 3.05. The third-order valence-corrected chi connectivity index (χ3v) is 5.30. The monoisotopic (exact) mass is 470 g/mol. The van der Waals surface area contributed by atoms with E-state index < -0.39 is 0 Å². The lowest BCUT2D eigenvalue weighted by molar-refractivity contribution is -0.119. The summed E-state index contributed by atoms with van der Waals surface area (Å²) in [5.74, 6) is 0.109. The van der Waals surface area contributed by atoms with Gasteiger partial charge in [-0.15, -0.1) is 0 Å². The summed E-state index contributed by atoms with van der Waals surface area (Å²) in [5, 5.41) is 10.4. The molecule has 0 aliphatic carbocycles. The van der Waals surface area contributed by atoms with E-state index in [9.17, 15) is 9.59 Å². The van der Waals surface area contributed by atoms with Crippen LogP contribution in [0.15, 0.2) is 79.0 Å². The third-order valence-electron chi connectivity index (χ3n) is 5.30. The second-order valence-electron chi connectivity index (χ2n) is 7.92. The van der Waals surface area contributed by atoms with Crippen LogP contribution in [0.25, 0.3) is 16.9 Å². The van der Waals surface area contributed by atoms with Crippen LogP contribution in [0.3, 0.4) is 0 Å². The molecule has 0 saturated carbocycles. The van der Waals surface area contributed by atoms with Gasteiger partial charge in [0, 0.05) is 30.2 Å². The normalized spacial score (nSPS) is 10.6. The number of benzene rings is 3. The van der Waals surface area contributed by atoms with E-state index in [0.717, 1.165) is 16.8 Å². The molecule has 0 aliphatic heterocycles. The Labute approximate surface area is 203 Å². The van der Waals surface area contributed by atoms with Gasteiger partial charge in [-0.1, -0.05) is 29.8 Å². The van der Waals surface area contributed by atoms with Crippen molar-refractivity contribution in [2.24, 2.45) is 0 Å². The molecular weight excluding hydrogens is 444 g/mol. The lowest BCUT2D eigenvalue weighted by Crippen LogP contribution is -2.17. The maximum absolute atomic E-state index is 13.3. The largest absolute Gasteiger partial charge is 0.497 e. The van der Waals surface area contributed by atoms with Gasteiger partial charge in [0.1, 0.15) is 18.1 Å². The fraction of sp³-hybridized carbons (Fsp3) is 0.148. The minimum atomic E-state index is -0.308. The number of aromatic nitrogens is 2. The van der Waals surface area contributed by atoms with Gasteiger partial charge < -0.3 is 20.1 Å². The molecule has 178 valence electrons. The Bertz CT molecular complexity index is 1330. The molecular formula is C27H26N4O4. The molecule has 0 saturated heterocycles. The average Bonchev–Trinajstić information content (AvgIpc) is 3.32. The first-order valence-corrected chi connectivity index (χ1v) is 11.0. The van der Waals surface area contributed by atoms with Crippen LogP contribution in [-0.2, 0) is 9.53 Å². The predicted octanol–water partition coefficient (Wildman–Crippen LogP) is 4.69. The molecule has 4 aromatic rings. The molecule has 8 heteroatoms. The number of nitrogens with zero attached hydrogens (tertiary/aromatic N) is 2. The van der Waals surface area contributed by atoms with E-state index in [1.165, 1.54) is 7.11 Å². The van der Waals surface area contributed by atoms with Gasteiger partial charge in [0.15, 0.2) is 0 Å². The van der Waals surface area contributed by atoms with E-state index in [0.29, 0.717) is 28.4 Å². The van der Waals surface area contributed by atoms with Crippen molar-refractivity contribution in [1.82, 2.24) is 9.78 Å². The number of anilines is 2. The van der Waals surface area contributed by atoms with Gasteiger partial charge in [-0.3, -0.25) is 9.59 Å². The molecule has 35 heavy (non-hydrogen) atoms. The molecule has 0 aliphatic rings. The minimum absolute atomic E-state index is 0.0312. The Hall–Kier alpha value is -4.43. The van der Waals surface area contributed by atoms with Crippen LogP contribution < -0.4 is 15.4 Å². The van der Waals surface area contributed by atoms with Crippen molar-refractivity contribution in [2.45, 2.75) is 6.92 Å². The van der Waals surface area contributed by atoms with E-state index in [1.807, 2.05) is 55.5 Å². The number of carbonyl (C=O) groups excluding carboxylic acids is 2. The highest BCUT2D eigenvalue weighted by molar-refractivity contribution is 6.08. The van der Waals surface area contributed by atoms with Crippen LogP contribution >= 0.6 is 0 Å². The summed E-state index contributed by atoms with van der Waals surface area (Å²) in [5.41, 5.74) is 4.87. The summed E-state index contributed by atoms with van der Waals surface area (Å²) < 4.78 is 11.9. The second-order valence-corrected chi connectivity index (χ2v) is 7.92. The van der Waals surface area contributed by atoms with Gasteiger partial charge in [-0.25, -0.2) is 4.68 Å². The van der Waals surface area contributed by atoms with Crippen molar-refractivity contribution in [2.75, 3.05) is 31.5 Å². The molecule has 0 atom stereocenters. The van der Waals surface area contributed by atoms with Crippen LogP contribution in [0.2, 0.25) is 0 Å². The highest BCUT2D eigenvalue weighted by Crippen LogP contribution is 2.28. The third kappa shape index (κ3) is 5.74. The summed E-state index contributed by atoms with van der Waals surface area (Å²) >= 11 is 0. The number of hydrogen-bond acceptors (Lipinski definition) is 5. The van der Waals surface area contributed by atoms with E-state index in [4.69, 9.17) is 14.6 Å². The molecule has 2 amide bonds. The lowest BCUT2D eigenvalue weighted by Gasteiger charge is -2.08. The number of nitrogens with one attached hydrogen (secondary N) is 2. The average molecular weight is 471 g/mol. The van der Waals surface area contributed by atoms with Crippen LogP contribution in [0.5, 0.6) is 5.75 Å². The Morgan fingerprint density at radius 2 is 1.60 bits per heavy atom. The lowest BCUT2D eigenvalue weighted by atomic mass is 10.1. The van der Waals surface area contributed by atoms with Gasteiger partial charge in [-0.05, 0) is 55.5 Å². The number of carbonyl (C=O) groups is 2. The standard InChI is InChI=1S/C27H26N4O4/c1-18-7-13-22(14-8-18)31-16-24(26(30-31)19-5-4-6-23(15-19)35-3)27(33)29-21-11-9-20(10-12-21)28-25(32)17-34-2/h4-16H,17H2,1-3H3,(H,28,32)(H,29,33). The smallest absolute Gasteiger partial charge is 0.259 e. The summed E-state index contributed by atoms with van der Waals surface area (Å²) in [4.78, 5) is 25.0. The van der Waals surface area contributed by atoms with E-state index in [2.05, 4.69) is 10.6 Å². The van der Waals surface area contributed by atoms with Gasteiger partial charge in [0.05, 0.1) is 18.4 Å². The number of aryl methyl sites for hydroxylation is 1. The quantitative estimate of drug-likeness (QED) is 0.390. The second kappa shape index (κ2) is 10.7. The van der Waals surface area contributed by atoms with Gasteiger partial charge in [0.2, 0.25) is 5.91 Å². The fourth-order valence-corrected chi connectivity index (χ4v) is 3.52. The van der Waals surface area contributed by atoms with Crippen molar-refractivity contribution in [3.63, 3.8) is 0 Å². The minimum Gasteiger partial charge on any atom is -0.497 e. The highest BCUT2D eigenvalue weighted by Gasteiger charge is 2.19. The van der Waals surface area contributed by atoms with Gasteiger partial charge in [0.25, 0.3) is 5.91 Å². The molecule has 3 aromatic carbocycles. The number of amides is 2. The highest BCUT2D eigenvalue weighted by atomic mass is 16.5. The van der Waals surface area contributed by atoms with Crippen molar-refractivity contribution < 1.29 is 19.1 Å². The first kappa shape index (κ1) is 23.7. The first-order valence-electron chi connectivity index (χ1n) is 11.0. The summed E-state index contributed by atoms with van der Waals surface area (Å²) in [6.45, 7) is 1.98. The summed E-state index contributed by atoms with van der Waals surface area (Å²) in [6.07, 6.45) is 1.72. The van der Waals surface area contributed by atoms with E-state index in [-0.39, 0.29) is 18.4 Å².